The fourth-order valence-corrected chi connectivity index (χ4v) is 0. The molecule has 0 aromatic carbocycles. The number of carboxylic acids is 1. The molecule has 0 aliphatic heterocycles. The van der Waals surface area contributed by atoms with Gasteiger partial charge in [-0.05, 0) is 0 Å². The van der Waals surface area contributed by atoms with Gasteiger partial charge < -0.3 is 10.2 Å². The largest absolute Gasteiger partial charge is 0.480 e. The van der Waals surface area contributed by atoms with Crippen molar-refractivity contribution < 1.29 is 34.5 Å². The van der Waals surface area contributed by atoms with Crippen LogP contribution in [0.3, 0.4) is 0 Å². The Hall–Kier alpha value is 0.0534. The van der Waals surface area contributed by atoms with Crippen molar-refractivity contribution in [2.24, 2.45) is 0 Å². The van der Waals surface area contributed by atoms with Crippen molar-refractivity contribution in [2.75, 3.05) is 6.61 Å². The molecule has 0 aromatic rings. The molecule has 0 saturated heterocycles. The Morgan fingerprint density at radius 2 is 1.83 bits per heavy atom. The molecule has 0 unspecified atom stereocenters. The number of hydrogen-bond donors (Lipinski definition) is 2. The van der Waals surface area contributed by atoms with Gasteiger partial charge in [-0.25, -0.2) is 4.79 Å². The molecule has 0 bridgehead atoms. The maximum atomic E-state index is 9.12. The second-order valence-corrected chi connectivity index (χ2v) is 0.552. The van der Waals surface area contributed by atoms with Crippen LogP contribution in [0.5, 0.6) is 0 Å². The van der Waals surface area contributed by atoms with Gasteiger partial charge in [0.1, 0.15) is 6.61 Å². The quantitative estimate of drug-likeness (QED) is 0.508. The van der Waals surface area contributed by atoms with E-state index in [0.29, 0.717) is 0 Å². The molecular weight excluding hydrogens is 173 g/mol. The molecule has 0 fully saturated rings. The summed E-state index contributed by atoms with van der Waals surface area (Å²) < 4.78 is 0. The first-order chi connectivity index (χ1) is 2.27. The SMILES string of the molecule is O=C(O)CO.[Ru]. The van der Waals surface area contributed by atoms with Gasteiger partial charge in [0.25, 0.3) is 0 Å². The van der Waals surface area contributed by atoms with Gasteiger partial charge >= 0.3 is 5.97 Å². The second kappa shape index (κ2) is 5.05. The van der Waals surface area contributed by atoms with Crippen LogP contribution in [-0.2, 0) is 24.3 Å². The minimum absolute atomic E-state index is 0. The van der Waals surface area contributed by atoms with Crippen LogP contribution in [0.15, 0.2) is 0 Å². The third kappa shape index (κ3) is 8.96. The van der Waals surface area contributed by atoms with E-state index in [-0.39, 0.29) is 19.5 Å². The molecule has 0 amide bonds. The zero-order valence-electron chi connectivity index (χ0n) is 2.86. The summed E-state index contributed by atoms with van der Waals surface area (Å²) in [7, 11) is 0. The first-order valence-corrected chi connectivity index (χ1v) is 1.10. The van der Waals surface area contributed by atoms with E-state index in [4.69, 9.17) is 15.0 Å². The standard InChI is InChI=1S/C2H4O3.Ru/c3-1-2(4)5;/h3H,1H2,(H,4,5);. The predicted octanol–water partition coefficient (Wildman–Crippen LogP) is -0.939. The number of aliphatic hydroxyl groups is 1. The average Bonchev–Trinajstić information content (AvgIpc) is 1.38. The number of carbonyl (C=O) groups is 1. The molecule has 0 heterocycles. The number of carboxylic acid groups (broad SMARTS) is 1. The third-order valence-corrected chi connectivity index (χ3v) is 0.135. The fourth-order valence-electron chi connectivity index (χ4n) is 0. The van der Waals surface area contributed by atoms with Crippen LogP contribution in [0.1, 0.15) is 0 Å². The van der Waals surface area contributed by atoms with Gasteiger partial charge in [0, 0.05) is 19.5 Å². The van der Waals surface area contributed by atoms with E-state index in [1.54, 1.807) is 0 Å². The molecule has 3 nitrogen and oxygen atoms in total. The minimum atomic E-state index is -1.19. The molecule has 38 valence electrons. The maximum Gasteiger partial charge on any atom is 0.329 e. The minimum Gasteiger partial charge on any atom is -0.480 e. The van der Waals surface area contributed by atoms with Crippen molar-refractivity contribution in [1.82, 2.24) is 0 Å². The van der Waals surface area contributed by atoms with Crippen molar-refractivity contribution in [3.8, 4) is 0 Å². The Morgan fingerprint density at radius 1 is 1.67 bits per heavy atom. The van der Waals surface area contributed by atoms with E-state index in [0.717, 1.165) is 0 Å². The summed E-state index contributed by atoms with van der Waals surface area (Å²) in [5.74, 6) is -1.19. The van der Waals surface area contributed by atoms with Crippen LogP contribution in [0.4, 0.5) is 0 Å². The summed E-state index contributed by atoms with van der Waals surface area (Å²) >= 11 is 0. The summed E-state index contributed by atoms with van der Waals surface area (Å²) in [6.07, 6.45) is 0. The van der Waals surface area contributed by atoms with E-state index in [2.05, 4.69) is 0 Å². The molecule has 0 saturated carbocycles. The smallest absolute Gasteiger partial charge is 0.329 e. The Labute approximate surface area is 47.7 Å². The van der Waals surface area contributed by atoms with Gasteiger partial charge in [0.2, 0.25) is 0 Å². The Kier molecular flexibility index (Phi) is 7.92. The van der Waals surface area contributed by atoms with Gasteiger partial charge in [0.05, 0.1) is 0 Å². The molecule has 0 aliphatic carbocycles. The van der Waals surface area contributed by atoms with Gasteiger partial charge in [-0.2, -0.15) is 0 Å². The molecule has 4 heteroatoms. The van der Waals surface area contributed by atoms with Gasteiger partial charge in [0.15, 0.2) is 0 Å². The molecule has 0 spiro atoms. The van der Waals surface area contributed by atoms with E-state index >= 15 is 0 Å². The maximum absolute atomic E-state index is 9.12. The predicted molar refractivity (Wildman–Crippen MR) is 14.7 cm³/mol. The molecule has 0 aliphatic rings. The van der Waals surface area contributed by atoms with Gasteiger partial charge in [-0.15, -0.1) is 0 Å². The number of aliphatic carboxylic acids is 1. The van der Waals surface area contributed by atoms with Gasteiger partial charge in [-0.3, -0.25) is 0 Å². The monoisotopic (exact) mass is 178 g/mol. The molecule has 0 atom stereocenters. The van der Waals surface area contributed by atoms with Crippen molar-refractivity contribution in [2.45, 2.75) is 0 Å². The third-order valence-electron chi connectivity index (χ3n) is 0.135. The van der Waals surface area contributed by atoms with Crippen LogP contribution in [0, 0.1) is 0 Å². The molecule has 6 heavy (non-hydrogen) atoms. The molecule has 0 radical (unpaired) electrons. The van der Waals surface area contributed by atoms with Crippen molar-refractivity contribution >= 4 is 5.97 Å². The summed E-state index contributed by atoms with van der Waals surface area (Å²) in [4.78, 5) is 9.12. The van der Waals surface area contributed by atoms with Crippen LogP contribution in [-0.4, -0.2) is 22.8 Å². The molecule has 0 aromatic heterocycles. The second-order valence-electron chi connectivity index (χ2n) is 0.552. The van der Waals surface area contributed by atoms with Crippen molar-refractivity contribution in [1.29, 1.82) is 0 Å². The van der Waals surface area contributed by atoms with Crippen LogP contribution < -0.4 is 0 Å². The first kappa shape index (κ1) is 9.41. The first-order valence-electron chi connectivity index (χ1n) is 1.10. The van der Waals surface area contributed by atoms with Crippen LogP contribution in [0.2, 0.25) is 0 Å². The number of rotatable bonds is 1. The molecule has 2 N–H and O–H groups in total. The van der Waals surface area contributed by atoms with Crippen molar-refractivity contribution in [3.63, 3.8) is 0 Å². The topological polar surface area (TPSA) is 57.5 Å². The molecule has 0 rings (SSSR count). The normalized spacial score (nSPS) is 6.17. The van der Waals surface area contributed by atoms with Crippen molar-refractivity contribution in [3.05, 3.63) is 0 Å². The van der Waals surface area contributed by atoms with Crippen LogP contribution >= 0.6 is 0 Å². The number of aliphatic hydroxyl groups excluding tert-OH is 1. The fraction of sp³-hybridized carbons (Fsp3) is 0.500. The average molecular weight is 177 g/mol. The van der Waals surface area contributed by atoms with E-state index in [1.807, 2.05) is 0 Å². The number of hydrogen-bond acceptors (Lipinski definition) is 2. The summed E-state index contributed by atoms with van der Waals surface area (Å²) in [5, 5.41) is 15.0. The Morgan fingerprint density at radius 3 is 1.83 bits per heavy atom. The van der Waals surface area contributed by atoms with E-state index in [9.17, 15) is 0 Å². The summed E-state index contributed by atoms with van der Waals surface area (Å²) in [5.41, 5.74) is 0. The summed E-state index contributed by atoms with van der Waals surface area (Å²) in [6.45, 7) is -0.778. The van der Waals surface area contributed by atoms with Crippen LogP contribution in [0.25, 0.3) is 0 Å². The van der Waals surface area contributed by atoms with E-state index < -0.39 is 12.6 Å². The Bertz CT molecular complexity index is 44.1. The zero-order chi connectivity index (χ0) is 4.28. The summed E-state index contributed by atoms with van der Waals surface area (Å²) in [6, 6.07) is 0. The Balaban J connectivity index is 0. The molecular formula is C2H4O3Ru. The zero-order valence-corrected chi connectivity index (χ0v) is 4.60. The van der Waals surface area contributed by atoms with E-state index in [1.165, 1.54) is 0 Å². The van der Waals surface area contributed by atoms with Gasteiger partial charge in [-0.1, -0.05) is 0 Å².